The zero-order valence-electron chi connectivity index (χ0n) is 13.7. The highest BCUT2D eigenvalue weighted by Crippen LogP contribution is 2.15. The van der Waals surface area contributed by atoms with E-state index in [1.54, 1.807) is 6.08 Å². The van der Waals surface area contributed by atoms with Crippen molar-refractivity contribution in [1.82, 2.24) is 0 Å². The Labute approximate surface area is 126 Å². The lowest BCUT2D eigenvalue weighted by Gasteiger charge is -2.04. The van der Waals surface area contributed by atoms with Crippen LogP contribution in [0, 0.1) is 0 Å². The van der Waals surface area contributed by atoms with E-state index in [1.165, 1.54) is 76.2 Å². The number of hydrogen-bond donors (Lipinski definition) is 0. The van der Waals surface area contributed by atoms with Gasteiger partial charge in [-0.15, -0.1) is 0 Å². The van der Waals surface area contributed by atoms with Gasteiger partial charge in [-0.25, -0.2) is 0 Å². The average molecular weight is 278 g/mol. The Morgan fingerprint density at radius 1 is 0.750 bits per heavy atom. The van der Waals surface area contributed by atoms with Crippen molar-refractivity contribution < 1.29 is 4.79 Å². The molecule has 1 nitrogen and oxygen atoms in total. The highest BCUT2D eigenvalue weighted by molar-refractivity contribution is 5.65. The van der Waals surface area contributed by atoms with Crippen molar-refractivity contribution in [3.63, 3.8) is 0 Å². The SMILES string of the molecule is CCCCCCCCCCCC/C(=C/C=C/C=O)CC. The Kier molecular flexibility index (Phi) is 15.5. The second kappa shape index (κ2) is 16.2. The zero-order chi connectivity index (χ0) is 14.9. The van der Waals surface area contributed by atoms with Crippen molar-refractivity contribution in [3.05, 3.63) is 23.8 Å². The van der Waals surface area contributed by atoms with Crippen molar-refractivity contribution in [3.8, 4) is 0 Å². The molecule has 0 unspecified atom stereocenters. The van der Waals surface area contributed by atoms with E-state index in [0.29, 0.717) is 0 Å². The van der Waals surface area contributed by atoms with E-state index in [-0.39, 0.29) is 0 Å². The minimum Gasteiger partial charge on any atom is -0.299 e. The molecule has 0 spiro atoms. The van der Waals surface area contributed by atoms with Crippen LogP contribution in [0.2, 0.25) is 0 Å². The van der Waals surface area contributed by atoms with E-state index in [2.05, 4.69) is 19.9 Å². The minimum absolute atomic E-state index is 0.838. The summed E-state index contributed by atoms with van der Waals surface area (Å²) in [5, 5.41) is 0. The maximum Gasteiger partial charge on any atom is 0.142 e. The van der Waals surface area contributed by atoms with Gasteiger partial charge in [-0.2, -0.15) is 0 Å². The molecule has 0 fully saturated rings. The minimum atomic E-state index is 0.838. The van der Waals surface area contributed by atoms with Crippen molar-refractivity contribution >= 4 is 6.29 Å². The van der Waals surface area contributed by atoms with Crippen LogP contribution in [0.4, 0.5) is 0 Å². The van der Waals surface area contributed by atoms with Gasteiger partial charge in [0.25, 0.3) is 0 Å². The summed E-state index contributed by atoms with van der Waals surface area (Å²) in [6, 6.07) is 0. The van der Waals surface area contributed by atoms with Crippen molar-refractivity contribution in [1.29, 1.82) is 0 Å². The van der Waals surface area contributed by atoms with E-state index in [4.69, 9.17) is 0 Å². The third kappa shape index (κ3) is 13.6. The van der Waals surface area contributed by atoms with Crippen LogP contribution in [0.15, 0.2) is 23.8 Å². The van der Waals surface area contributed by atoms with Gasteiger partial charge in [0.2, 0.25) is 0 Å². The maximum atomic E-state index is 10.2. The van der Waals surface area contributed by atoms with Gasteiger partial charge in [0.05, 0.1) is 0 Å². The molecule has 0 saturated heterocycles. The standard InChI is InChI=1S/C19H34O/c1-3-5-6-7-8-9-10-11-12-13-16-19(4-2)17-14-15-18-20/h14-15,17-18H,3-13,16H2,1-2H3/b15-14+,19-17+. The molecule has 116 valence electrons. The summed E-state index contributed by atoms with van der Waals surface area (Å²) in [6.45, 7) is 4.46. The molecule has 0 rings (SSSR count). The molecule has 0 amide bonds. The molecule has 0 aromatic carbocycles. The lowest BCUT2D eigenvalue weighted by Crippen LogP contribution is -1.85. The van der Waals surface area contributed by atoms with E-state index in [9.17, 15) is 4.79 Å². The number of rotatable bonds is 14. The Hall–Kier alpha value is -0.850. The van der Waals surface area contributed by atoms with Gasteiger partial charge in [-0.1, -0.05) is 89.4 Å². The topological polar surface area (TPSA) is 17.1 Å². The summed E-state index contributed by atoms with van der Waals surface area (Å²) in [4.78, 5) is 10.2. The number of hydrogen-bond acceptors (Lipinski definition) is 1. The first-order valence-electron chi connectivity index (χ1n) is 8.65. The molecule has 1 heteroatoms. The van der Waals surface area contributed by atoms with Crippen LogP contribution in [-0.2, 0) is 4.79 Å². The second-order valence-electron chi connectivity index (χ2n) is 5.63. The Balaban J connectivity index is 3.39. The highest BCUT2D eigenvalue weighted by atomic mass is 16.1. The lowest BCUT2D eigenvalue weighted by molar-refractivity contribution is -0.104. The third-order valence-corrected chi connectivity index (χ3v) is 3.83. The first-order chi connectivity index (χ1) is 9.85. The summed E-state index contributed by atoms with van der Waals surface area (Å²) in [7, 11) is 0. The van der Waals surface area contributed by atoms with Crippen molar-refractivity contribution in [2.45, 2.75) is 90.9 Å². The van der Waals surface area contributed by atoms with Gasteiger partial charge in [-0.3, -0.25) is 4.79 Å². The van der Waals surface area contributed by atoms with Crippen LogP contribution in [0.5, 0.6) is 0 Å². The number of aldehydes is 1. The van der Waals surface area contributed by atoms with Gasteiger partial charge >= 0.3 is 0 Å². The van der Waals surface area contributed by atoms with Crippen LogP contribution in [-0.4, -0.2) is 6.29 Å². The highest BCUT2D eigenvalue weighted by Gasteiger charge is 1.95. The predicted octanol–water partition coefficient (Wildman–Crippen LogP) is 6.39. The molecule has 0 bridgehead atoms. The van der Waals surface area contributed by atoms with E-state index in [0.717, 1.165) is 12.7 Å². The largest absolute Gasteiger partial charge is 0.299 e. The predicted molar refractivity (Wildman–Crippen MR) is 90.0 cm³/mol. The molecule has 20 heavy (non-hydrogen) atoms. The maximum absolute atomic E-state index is 10.2. The fourth-order valence-electron chi connectivity index (χ4n) is 2.45. The van der Waals surface area contributed by atoms with Gasteiger partial charge in [0.15, 0.2) is 0 Å². The molecule has 0 heterocycles. The Morgan fingerprint density at radius 3 is 1.80 bits per heavy atom. The summed E-state index contributed by atoms with van der Waals surface area (Å²) >= 11 is 0. The second-order valence-corrected chi connectivity index (χ2v) is 5.63. The average Bonchev–Trinajstić information content (AvgIpc) is 2.47. The summed E-state index contributed by atoms with van der Waals surface area (Å²) in [5.41, 5.74) is 1.46. The fraction of sp³-hybridized carbons (Fsp3) is 0.737. The Morgan fingerprint density at radius 2 is 1.30 bits per heavy atom. The normalized spacial score (nSPS) is 12.2. The molecule has 0 aliphatic rings. The molecule has 0 aromatic rings. The van der Waals surface area contributed by atoms with Gasteiger partial charge in [0.1, 0.15) is 6.29 Å². The summed E-state index contributed by atoms with van der Waals surface area (Å²) < 4.78 is 0. The van der Waals surface area contributed by atoms with Crippen molar-refractivity contribution in [2.75, 3.05) is 0 Å². The van der Waals surface area contributed by atoms with Crippen LogP contribution < -0.4 is 0 Å². The van der Waals surface area contributed by atoms with Crippen LogP contribution in [0.1, 0.15) is 90.9 Å². The van der Waals surface area contributed by atoms with Gasteiger partial charge < -0.3 is 0 Å². The molecule has 0 aliphatic heterocycles. The van der Waals surface area contributed by atoms with E-state index < -0.39 is 0 Å². The number of allylic oxidation sites excluding steroid dienone is 4. The Bertz CT molecular complexity index is 263. The zero-order valence-corrected chi connectivity index (χ0v) is 13.7. The van der Waals surface area contributed by atoms with Crippen LogP contribution >= 0.6 is 0 Å². The van der Waals surface area contributed by atoms with Crippen LogP contribution in [0.3, 0.4) is 0 Å². The van der Waals surface area contributed by atoms with Gasteiger partial charge in [-0.05, 0) is 25.3 Å². The number of unbranched alkanes of at least 4 members (excludes halogenated alkanes) is 9. The summed E-state index contributed by atoms with van der Waals surface area (Å²) in [6.07, 6.45) is 22.5. The molecule has 0 saturated carbocycles. The molecule has 0 N–H and O–H groups in total. The molecule has 0 radical (unpaired) electrons. The quantitative estimate of drug-likeness (QED) is 0.156. The van der Waals surface area contributed by atoms with E-state index in [1.807, 2.05) is 6.08 Å². The fourth-order valence-corrected chi connectivity index (χ4v) is 2.45. The molecule has 0 atom stereocenters. The van der Waals surface area contributed by atoms with E-state index >= 15 is 0 Å². The molecular formula is C19H34O. The summed E-state index contributed by atoms with van der Waals surface area (Å²) in [5.74, 6) is 0. The first-order valence-corrected chi connectivity index (χ1v) is 8.65. The number of carbonyl (C=O) groups is 1. The lowest BCUT2D eigenvalue weighted by atomic mass is 10.0. The third-order valence-electron chi connectivity index (χ3n) is 3.83. The monoisotopic (exact) mass is 278 g/mol. The molecular weight excluding hydrogens is 244 g/mol. The van der Waals surface area contributed by atoms with Crippen LogP contribution in [0.25, 0.3) is 0 Å². The van der Waals surface area contributed by atoms with Crippen molar-refractivity contribution in [2.24, 2.45) is 0 Å². The van der Waals surface area contributed by atoms with Gasteiger partial charge in [0, 0.05) is 0 Å². The number of carbonyl (C=O) groups excluding carboxylic acids is 1. The smallest absolute Gasteiger partial charge is 0.142 e. The molecule has 0 aliphatic carbocycles. The molecule has 0 aromatic heterocycles. The first kappa shape index (κ1) is 19.1.